The number of nitrogens with one attached hydrogen (secondary N) is 1. The Balaban J connectivity index is 1.67. The van der Waals surface area contributed by atoms with E-state index in [1.807, 2.05) is 56.6 Å². The molecule has 0 saturated heterocycles. The van der Waals surface area contributed by atoms with E-state index < -0.39 is 0 Å². The van der Waals surface area contributed by atoms with Gasteiger partial charge in [-0.25, -0.2) is 4.98 Å². The first-order chi connectivity index (χ1) is 13.6. The maximum absolute atomic E-state index is 12.5. The molecule has 0 bridgehead atoms. The van der Waals surface area contributed by atoms with Crippen LogP contribution in [0.5, 0.6) is 11.6 Å². The first-order valence-corrected chi connectivity index (χ1v) is 9.35. The molecule has 0 radical (unpaired) electrons. The van der Waals surface area contributed by atoms with Crippen molar-refractivity contribution >= 4 is 5.91 Å². The van der Waals surface area contributed by atoms with E-state index in [1.54, 1.807) is 18.3 Å². The Morgan fingerprint density at radius 1 is 0.964 bits per heavy atom. The van der Waals surface area contributed by atoms with Crippen LogP contribution in [0.1, 0.15) is 16.8 Å². The molecule has 3 aromatic rings. The summed E-state index contributed by atoms with van der Waals surface area (Å²) in [6, 6.07) is 21.4. The number of hydrogen-bond donors (Lipinski definition) is 1. The van der Waals surface area contributed by atoms with Gasteiger partial charge in [-0.3, -0.25) is 4.79 Å². The van der Waals surface area contributed by atoms with E-state index in [0.717, 1.165) is 24.1 Å². The Kier molecular flexibility index (Phi) is 6.76. The van der Waals surface area contributed by atoms with Crippen LogP contribution in [0.4, 0.5) is 0 Å². The average molecular weight is 375 g/mol. The van der Waals surface area contributed by atoms with Crippen LogP contribution >= 0.6 is 0 Å². The SMILES string of the molecule is CN(C)CCCNC(=O)c1cccnc1Oc1ccc(-c2ccccc2)cc1. The summed E-state index contributed by atoms with van der Waals surface area (Å²) >= 11 is 0. The van der Waals surface area contributed by atoms with Gasteiger partial charge in [0.1, 0.15) is 11.3 Å². The molecule has 0 fully saturated rings. The van der Waals surface area contributed by atoms with Gasteiger partial charge >= 0.3 is 0 Å². The first-order valence-electron chi connectivity index (χ1n) is 9.35. The lowest BCUT2D eigenvalue weighted by atomic mass is 10.1. The average Bonchev–Trinajstić information content (AvgIpc) is 2.72. The highest BCUT2D eigenvalue weighted by molar-refractivity contribution is 5.96. The van der Waals surface area contributed by atoms with Crippen molar-refractivity contribution in [3.05, 3.63) is 78.5 Å². The number of carbonyl (C=O) groups is 1. The molecule has 0 aliphatic heterocycles. The van der Waals surface area contributed by atoms with E-state index >= 15 is 0 Å². The topological polar surface area (TPSA) is 54.5 Å². The third-order valence-corrected chi connectivity index (χ3v) is 4.26. The molecule has 1 aromatic heterocycles. The van der Waals surface area contributed by atoms with Crippen LogP contribution < -0.4 is 10.1 Å². The van der Waals surface area contributed by atoms with Crippen molar-refractivity contribution in [1.82, 2.24) is 15.2 Å². The van der Waals surface area contributed by atoms with Crippen LogP contribution in [-0.2, 0) is 0 Å². The van der Waals surface area contributed by atoms with Crippen molar-refractivity contribution in [1.29, 1.82) is 0 Å². The van der Waals surface area contributed by atoms with Gasteiger partial charge in [0.25, 0.3) is 5.91 Å². The minimum Gasteiger partial charge on any atom is -0.438 e. The number of amides is 1. The molecule has 0 saturated carbocycles. The predicted octanol–water partition coefficient (Wildman–Crippen LogP) is 4.22. The summed E-state index contributed by atoms with van der Waals surface area (Å²) < 4.78 is 5.89. The highest BCUT2D eigenvalue weighted by Crippen LogP contribution is 2.26. The number of carbonyl (C=O) groups excluding carboxylic acids is 1. The quantitative estimate of drug-likeness (QED) is 0.599. The van der Waals surface area contributed by atoms with Crippen LogP contribution in [0.25, 0.3) is 11.1 Å². The fourth-order valence-corrected chi connectivity index (χ4v) is 2.80. The summed E-state index contributed by atoms with van der Waals surface area (Å²) in [7, 11) is 4.02. The summed E-state index contributed by atoms with van der Waals surface area (Å²) in [4.78, 5) is 18.8. The Labute approximate surface area is 166 Å². The van der Waals surface area contributed by atoms with Crippen molar-refractivity contribution in [2.24, 2.45) is 0 Å². The fraction of sp³-hybridized carbons (Fsp3) is 0.217. The molecule has 0 aliphatic carbocycles. The third-order valence-electron chi connectivity index (χ3n) is 4.26. The first kappa shape index (κ1) is 19.6. The molecular weight excluding hydrogens is 350 g/mol. The molecule has 1 amide bonds. The highest BCUT2D eigenvalue weighted by atomic mass is 16.5. The Hall–Kier alpha value is -3.18. The molecule has 1 N–H and O–H groups in total. The summed E-state index contributed by atoms with van der Waals surface area (Å²) in [6.45, 7) is 1.53. The van der Waals surface area contributed by atoms with Gasteiger partial charge in [0.05, 0.1) is 0 Å². The molecule has 28 heavy (non-hydrogen) atoms. The van der Waals surface area contributed by atoms with E-state index in [9.17, 15) is 4.79 Å². The Morgan fingerprint density at radius 3 is 2.39 bits per heavy atom. The van der Waals surface area contributed by atoms with Crippen molar-refractivity contribution < 1.29 is 9.53 Å². The van der Waals surface area contributed by atoms with Crippen LogP contribution in [-0.4, -0.2) is 43.0 Å². The molecular formula is C23H25N3O2. The molecule has 144 valence electrons. The standard InChI is InChI=1S/C23H25N3O2/c1-26(2)17-7-16-24-22(27)21-10-6-15-25-23(21)28-20-13-11-19(12-14-20)18-8-4-3-5-9-18/h3-6,8-15H,7,16-17H2,1-2H3,(H,24,27). The lowest BCUT2D eigenvalue weighted by molar-refractivity contribution is 0.0949. The molecule has 0 spiro atoms. The second-order valence-corrected chi connectivity index (χ2v) is 6.76. The Morgan fingerprint density at radius 2 is 1.68 bits per heavy atom. The minimum atomic E-state index is -0.178. The van der Waals surface area contributed by atoms with Crippen molar-refractivity contribution in [2.45, 2.75) is 6.42 Å². The molecule has 0 atom stereocenters. The van der Waals surface area contributed by atoms with E-state index in [-0.39, 0.29) is 5.91 Å². The largest absolute Gasteiger partial charge is 0.438 e. The van der Waals surface area contributed by atoms with E-state index in [4.69, 9.17) is 4.74 Å². The third kappa shape index (κ3) is 5.41. The molecule has 5 nitrogen and oxygen atoms in total. The zero-order valence-electron chi connectivity index (χ0n) is 16.3. The number of rotatable bonds is 8. The number of ether oxygens (including phenoxy) is 1. The van der Waals surface area contributed by atoms with Gasteiger partial charge in [0, 0.05) is 12.7 Å². The number of benzene rings is 2. The van der Waals surface area contributed by atoms with E-state index in [0.29, 0.717) is 23.7 Å². The summed E-state index contributed by atoms with van der Waals surface area (Å²) in [5.41, 5.74) is 2.68. The van der Waals surface area contributed by atoms with Gasteiger partial charge in [-0.2, -0.15) is 0 Å². The van der Waals surface area contributed by atoms with Crippen LogP contribution in [0, 0.1) is 0 Å². The highest BCUT2D eigenvalue weighted by Gasteiger charge is 2.14. The summed E-state index contributed by atoms with van der Waals surface area (Å²) in [5.74, 6) is 0.767. The molecule has 0 aliphatic rings. The van der Waals surface area contributed by atoms with Gasteiger partial charge in [0.15, 0.2) is 0 Å². The predicted molar refractivity (Wildman–Crippen MR) is 112 cm³/mol. The molecule has 2 aromatic carbocycles. The lowest BCUT2D eigenvalue weighted by Crippen LogP contribution is -2.27. The molecule has 5 heteroatoms. The smallest absolute Gasteiger partial charge is 0.256 e. The summed E-state index contributed by atoms with van der Waals surface area (Å²) in [5, 5.41) is 2.93. The maximum Gasteiger partial charge on any atom is 0.256 e. The van der Waals surface area contributed by atoms with Crippen molar-refractivity contribution in [3.63, 3.8) is 0 Å². The van der Waals surface area contributed by atoms with Crippen molar-refractivity contribution in [3.8, 4) is 22.8 Å². The number of nitrogens with zero attached hydrogens (tertiary/aromatic N) is 2. The van der Waals surface area contributed by atoms with Crippen LogP contribution in [0.15, 0.2) is 72.9 Å². The van der Waals surface area contributed by atoms with Gasteiger partial charge in [-0.1, -0.05) is 42.5 Å². The monoisotopic (exact) mass is 375 g/mol. The van der Waals surface area contributed by atoms with Crippen LogP contribution in [0.3, 0.4) is 0 Å². The fourth-order valence-electron chi connectivity index (χ4n) is 2.80. The molecule has 1 heterocycles. The van der Waals surface area contributed by atoms with Gasteiger partial charge < -0.3 is 15.0 Å². The van der Waals surface area contributed by atoms with E-state index in [2.05, 4.69) is 27.3 Å². The number of aromatic nitrogens is 1. The Bertz CT molecular complexity index is 893. The summed E-state index contributed by atoms with van der Waals surface area (Å²) in [6.07, 6.45) is 2.51. The van der Waals surface area contributed by atoms with Crippen molar-refractivity contribution in [2.75, 3.05) is 27.2 Å². The van der Waals surface area contributed by atoms with Gasteiger partial charge in [-0.15, -0.1) is 0 Å². The van der Waals surface area contributed by atoms with E-state index in [1.165, 1.54) is 0 Å². The lowest BCUT2D eigenvalue weighted by Gasteiger charge is -2.12. The minimum absolute atomic E-state index is 0.178. The zero-order valence-corrected chi connectivity index (χ0v) is 16.3. The molecule has 0 unspecified atom stereocenters. The second kappa shape index (κ2) is 9.67. The van der Waals surface area contributed by atoms with Gasteiger partial charge in [-0.05, 0) is 62.5 Å². The van der Waals surface area contributed by atoms with Crippen LogP contribution in [0.2, 0.25) is 0 Å². The normalized spacial score (nSPS) is 10.7. The number of pyridine rings is 1. The zero-order chi connectivity index (χ0) is 19.8. The molecule has 3 rings (SSSR count). The second-order valence-electron chi connectivity index (χ2n) is 6.76. The van der Waals surface area contributed by atoms with Gasteiger partial charge in [0.2, 0.25) is 5.88 Å². The number of hydrogen-bond acceptors (Lipinski definition) is 4. The maximum atomic E-state index is 12.5.